The van der Waals surface area contributed by atoms with Crippen LogP contribution >= 0.6 is 0 Å². The molecule has 1 amide bonds. The lowest BCUT2D eigenvalue weighted by atomic mass is 9.92. The second-order valence-corrected chi connectivity index (χ2v) is 7.94. The molecule has 0 fully saturated rings. The molecule has 24 heavy (non-hydrogen) atoms. The predicted octanol–water partition coefficient (Wildman–Crippen LogP) is 4.77. The summed E-state index contributed by atoms with van der Waals surface area (Å²) in [5, 5.41) is 7.83. The van der Waals surface area contributed by atoms with Crippen LogP contribution in [0.2, 0.25) is 0 Å². The van der Waals surface area contributed by atoms with E-state index >= 15 is 0 Å². The van der Waals surface area contributed by atoms with Gasteiger partial charge in [0.05, 0.1) is 11.4 Å². The number of rotatable bonds is 4. The highest BCUT2D eigenvalue weighted by atomic mass is 16.1. The maximum absolute atomic E-state index is 12.3. The third kappa shape index (κ3) is 4.05. The van der Waals surface area contributed by atoms with Crippen molar-refractivity contribution in [1.82, 2.24) is 9.78 Å². The van der Waals surface area contributed by atoms with Gasteiger partial charge in [-0.1, -0.05) is 46.8 Å². The monoisotopic (exact) mass is 327 g/mol. The molecule has 1 aromatic carbocycles. The summed E-state index contributed by atoms with van der Waals surface area (Å²) in [6.07, 6.45) is 0.503. The molecule has 0 saturated heterocycles. The van der Waals surface area contributed by atoms with Crippen LogP contribution in [0.3, 0.4) is 0 Å². The molecular formula is C20H29N3O. The topological polar surface area (TPSA) is 46.9 Å². The van der Waals surface area contributed by atoms with Crippen LogP contribution in [0.4, 0.5) is 5.82 Å². The van der Waals surface area contributed by atoms with Gasteiger partial charge in [0.1, 0.15) is 5.82 Å². The van der Waals surface area contributed by atoms with Crippen LogP contribution in [0.15, 0.2) is 24.3 Å². The number of nitrogens with zero attached hydrogens (tertiary/aromatic N) is 2. The minimum Gasteiger partial charge on any atom is -0.311 e. The highest BCUT2D eigenvalue weighted by Gasteiger charge is 2.22. The third-order valence-corrected chi connectivity index (χ3v) is 4.14. The minimum atomic E-state index is -0.0828. The van der Waals surface area contributed by atoms with E-state index in [4.69, 9.17) is 5.10 Å². The van der Waals surface area contributed by atoms with Crippen molar-refractivity contribution < 1.29 is 4.79 Å². The number of anilines is 1. The van der Waals surface area contributed by atoms with Crippen molar-refractivity contribution >= 4 is 11.7 Å². The van der Waals surface area contributed by atoms with Gasteiger partial charge in [0.15, 0.2) is 0 Å². The summed E-state index contributed by atoms with van der Waals surface area (Å²) in [7, 11) is 0. The average molecular weight is 327 g/mol. The molecule has 0 saturated carbocycles. The summed E-state index contributed by atoms with van der Waals surface area (Å²) in [6, 6.07) is 8.14. The number of benzene rings is 1. The van der Waals surface area contributed by atoms with Gasteiger partial charge in [-0.25, -0.2) is 4.68 Å². The normalized spacial score (nSPS) is 11.8. The molecule has 0 aliphatic rings. The number of carbonyl (C=O) groups excluding carboxylic acids is 1. The summed E-state index contributed by atoms with van der Waals surface area (Å²) in [6.45, 7) is 14.6. The summed E-state index contributed by atoms with van der Waals surface area (Å²) in [5.74, 6) is 1.08. The summed E-state index contributed by atoms with van der Waals surface area (Å²) in [5.41, 5.74) is 4.26. The Morgan fingerprint density at radius 3 is 2.50 bits per heavy atom. The van der Waals surface area contributed by atoms with E-state index in [1.165, 1.54) is 11.1 Å². The molecule has 0 spiro atoms. The van der Waals surface area contributed by atoms with Gasteiger partial charge in [-0.3, -0.25) is 4.79 Å². The molecule has 0 atom stereocenters. The average Bonchev–Trinajstić information content (AvgIpc) is 2.84. The Kier molecular flexibility index (Phi) is 5.16. The van der Waals surface area contributed by atoms with Crippen LogP contribution in [-0.2, 0) is 10.2 Å². The standard InChI is InChI=1S/C20H29N3O/c1-13(2)11-19(24)21-18-12-17(20(5,6)7)22-23(18)16-10-8-9-14(3)15(16)4/h8-10,12-13H,11H2,1-7H3,(H,21,24). The van der Waals surface area contributed by atoms with Gasteiger partial charge < -0.3 is 5.32 Å². The van der Waals surface area contributed by atoms with Crippen molar-refractivity contribution in [3.63, 3.8) is 0 Å². The maximum Gasteiger partial charge on any atom is 0.225 e. The van der Waals surface area contributed by atoms with E-state index in [1.54, 1.807) is 0 Å². The van der Waals surface area contributed by atoms with E-state index < -0.39 is 0 Å². The predicted molar refractivity (Wildman–Crippen MR) is 99.8 cm³/mol. The molecule has 0 unspecified atom stereocenters. The van der Waals surface area contributed by atoms with Gasteiger partial charge in [0.2, 0.25) is 5.91 Å². The highest BCUT2D eigenvalue weighted by Crippen LogP contribution is 2.28. The van der Waals surface area contributed by atoms with Crippen molar-refractivity contribution in [2.45, 2.75) is 60.3 Å². The molecule has 130 valence electrons. The van der Waals surface area contributed by atoms with Crippen molar-refractivity contribution in [3.8, 4) is 5.69 Å². The fourth-order valence-electron chi connectivity index (χ4n) is 2.55. The molecule has 1 heterocycles. The first-order chi connectivity index (χ1) is 11.1. The Bertz CT molecular complexity index is 736. The molecule has 2 aromatic rings. The van der Waals surface area contributed by atoms with Gasteiger partial charge in [-0.15, -0.1) is 0 Å². The molecular weight excluding hydrogens is 298 g/mol. The van der Waals surface area contributed by atoms with Crippen LogP contribution in [0.25, 0.3) is 5.69 Å². The number of hydrogen-bond acceptors (Lipinski definition) is 2. The molecule has 0 aliphatic carbocycles. The number of aryl methyl sites for hydroxylation is 1. The van der Waals surface area contributed by atoms with Gasteiger partial charge in [0.25, 0.3) is 0 Å². The Morgan fingerprint density at radius 2 is 1.92 bits per heavy atom. The van der Waals surface area contributed by atoms with E-state index in [0.29, 0.717) is 12.3 Å². The van der Waals surface area contributed by atoms with E-state index in [1.807, 2.05) is 36.7 Å². The second-order valence-electron chi connectivity index (χ2n) is 7.94. The summed E-state index contributed by atoms with van der Waals surface area (Å²) >= 11 is 0. The van der Waals surface area contributed by atoms with E-state index in [0.717, 1.165) is 17.2 Å². The lowest BCUT2D eigenvalue weighted by molar-refractivity contribution is -0.116. The molecule has 1 aromatic heterocycles. The fourth-order valence-corrected chi connectivity index (χ4v) is 2.55. The molecule has 4 nitrogen and oxygen atoms in total. The number of amides is 1. The van der Waals surface area contributed by atoms with Crippen LogP contribution < -0.4 is 5.32 Å². The number of hydrogen-bond donors (Lipinski definition) is 1. The van der Waals surface area contributed by atoms with Gasteiger partial charge in [0, 0.05) is 17.9 Å². The van der Waals surface area contributed by atoms with Crippen LogP contribution in [0.1, 0.15) is 57.9 Å². The Labute approximate surface area is 145 Å². The largest absolute Gasteiger partial charge is 0.311 e. The van der Waals surface area contributed by atoms with Gasteiger partial charge in [-0.05, 0) is 37.0 Å². The van der Waals surface area contributed by atoms with Crippen LogP contribution in [0, 0.1) is 19.8 Å². The Balaban J connectivity index is 2.51. The first-order valence-corrected chi connectivity index (χ1v) is 8.56. The molecule has 0 aliphatic heterocycles. The van der Waals surface area contributed by atoms with E-state index in [2.05, 4.69) is 46.0 Å². The molecule has 4 heteroatoms. The lowest BCUT2D eigenvalue weighted by Crippen LogP contribution is -2.17. The first kappa shape index (κ1) is 18.2. The maximum atomic E-state index is 12.3. The van der Waals surface area contributed by atoms with Crippen molar-refractivity contribution in [2.75, 3.05) is 5.32 Å². The third-order valence-electron chi connectivity index (χ3n) is 4.14. The molecule has 2 rings (SSSR count). The minimum absolute atomic E-state index is 0.0249. The summed E-state index contributed by atoms with van der Waals surface area (Å²) in [4.78, 5) is 12.3. The van der Waals surface area contributed by atoms with Gasteiger partial charge >= 0.3 is 0 Å². The Hall–Kier alpha value is -2.10. The number of nitrogens with one attached hydrogen (secondary N) is 1. The van der Waals surface area contributed by atoms with Crippen molar-refractivity contribution in [2.24, 2.45) is 5.92 Å². The van der Waals surface area contributed by atoms with Crippen LogP contribution in [-0.4, -0.2) is 15.7 Å². The molecule has 0 radical (unpaired) electrons. The SMILES string of the molecule is Cc1cccc(-n2nc(C(C)(C)C)cc2NC(=O)CC(C)C)c1C. The van der Waals surface area contributed by atoms with E-state index in [9.17, 15) is 4.79 Å². The van der Waals surface area contributed by atoms with Crippen molar-refractivity contribution in [3.05, 3.63) is 41.1 Å². The molecule has 1 N–H and O–H groups in total. The van der Waals surface area contributed by atoms with Gasteiger partial charge in [-0.2, -0.15) is 5.10 Å². The van der Waals surface area contributed by atoms with Crippen molar-refractivity contribution in [1.29, 1.82) is 0 Å². The first-order valence-electron chi connectivity index (χ1n) is 8.56. The zero-order valence-corrected chi connectivity index (χ0v) is 15.9. The summed E-state index contributed by atoms with van der Waals surface area (Å²) < 4.78 is 1.86. The van der Waals surface area contributed by atoms with E-state index in [-0.39, 0.29) is 11.3 Å². The zero-order chi connectivity index (χ0) is 18.1. The number of carbonyl (C=O) groups is 1. The lowest BCUT2D eigenvalue weighted by Gasteiger charge is -2.15. The molecule has 0 bridgehead atoms. The highest BCUT2D eigenvalue weighted by molar-refractivity contribution is 5.90. The quantitative estimate of drug-likeness (QED) is 0.879. The zero-order valence-electron chi connectivity index (χ0n) is 15.9. The second kappa shape index (κ2) is 6.80. The number of aromatic nitrogens is 2. The van der Waals surface area contributed by atoms with Crippen LogP contribution in [0.5, 0.6) is 0 Å². The Morgan fingerprint density at radius 1 is 1.25 bits per heavy atom. The smallest absolute Gasteiger partial charge is 0.225 e. The fraction of sp³-hybridized carbons (Fsp3) is 0.500.